The first kappa shape index (κ1) is 24.4. The average Bonchev–Trinajstić information content (AvgIpc) is 2.78. The molecule has 3 rings (SSSR count). The maximum absolute atomic E-state index is 13.4. The topological polar surface area (TPSA) is 42.0 Å². The van der Waals surface area contributed by atoms with E-state index in [0.29, 0.717) is 30.5 Å². The molecule has 0 unspecified atom stereocenters. The fourth-order valence-corrected chi connectivity index (χ4v) is 4.17. The highest BCUT2D eigenvalue weighted by molar-refractivity contribution is 6.31. The lowest BCUT2D eigenvalue weighted by Crippen LogP contribution is -2.46. The summed E-state index contributed by atoms with van der Waals surface area (Å²) in [6.45, 7) is 7.43. The lowest BCUT2D eigenvalue weighted by molar-refractivity contribution is -0.134. The van der Waals surface area contributed by atoms with Gasteiger partial charge in [0.25, 0.3) is 0 Å². The Hall–Kier alpha value is -2.24. The zero-order chi connectivity index (χ0) is 23.1. The van der Waals surface area contributed by atoms with E-state index in [9.17, 15) is 4.79 Å². The molecule has 0 N–H and O–H groups in total. The maximum Gasteiger partial charge on any atom is 0.227 e. The van der Waals surface area contributed by atoms with Gasteiger partial charge in [-0.25, -0.2) is 0 Å². The molecule has 0 saturated carbocycles. The number of halogens is 1. The first-order chi connectivity index (χ1) is 15.4. The van der Waals surface area contributed by atoms with Crippen LogP contribution in [0, 0.1) is 5.92 Å². The number of ether oxygens (including phenoxy) is 2. The Morgan fingerprint density at radius 2 is 1.78 bits per heavy atom. The number of methoxy groups -OCH3 is 1. The number of amides is 1. The van der Waals surface area contributed by atoms with Crippen molar-refractivity contribution >= 4 is 17.5 Å². The second-order valence-corrected chi connectivity index (χ2v) is 9.45. The fourth-order valence-electron chi connectivity index (χ4n) is 3.94. The van der Waals surface area contributed by atoms with Gasteiger partial charge in [0.05, 0.1) is 20.1 Å². The highest BCUT2D eigenvalue weighted by atomic mass is 35.5. The molecule has 0 aromatic heterocycles. The molecule has 5 nitrogen and oxygen atoms in total. The summed E-state index contributed by atoms with van der Waals surface area (Å²) in [4.78, 5) is 17.8. The lowest BCUT2D eigenvalue weighted by atomic mass is 10.0. The minimum atomic E-state index is 0.127. The van der Waals surface area contributed by atoms with Crippen molar-refractivity contribution in [3.63, 3.8) is 0 Å². The van der Waals surface area contributed by atoms with Crippen molar-refractivity contribution in [2.45, 2.75) is 45.7 Å². The number of piperidine rings is 1. The number of carbonyl (C=O) groups is 1. The Morgan fingerprint density at radius 1 is 1.12 bits per heavy atom. The zero-order valence-electron chi connectivity index (χ0n) is 19.6. The second-order valence-electron chi connectivity index (χ2n) is 9.04. The molecular weight excluding hydrogens is 424 g/mol. The van der Waals surface area contributed by atoms with Crippen LogP contribution in [0.25, 0.3) is 0 Å². The van der Waals surface area contributed by atoms with Crippen LogP contribution in [-0.4, -0.2) is 55.6 Å². The van der Waals surface area contributed by atoms with Crippen molar-refractivity contribution in [2.24, 2.45) is 5.92 Å². The summed E-state index contributed by atoms with van der Waals surface area (Å²) < 4.78 is 11.0. The number of rotatable bonds is 9. The van der Waals surface area contributed by atoms with E-state index in [0.717, 1.165) is 48.6 Å². The Morgan fingerprint density at radius 3 is 2.38 bits per heavy atom. The van der Waals surface area contributed by atoms with E-state index >= 15 is 0 Å². The highest BCUT2D eigenvalue weighted by Crippen LogP contribution is 2.27. The molecular formula is C26H35ClN2O3. The molecule has 1 aliphatic heterocycles. The van der Waals surface area contributed by atoms with Gasteiger partial charge in [-0.1, -0.05) is 43.6 Å². The molecule has 0 atom stereocenters. The molecule has 1 amide bonds. The molecule has 0 spiro atoms. The van der Waals surface area contributed by atoms with Gasteiger partial charge in [-0.15, -0.1) is 0 Å². The minimum Gasteiger partial charge on any atom is -0.497 e. The predicted octanol–water partition coefficient (Wildman–Crippen LogP) is 5.05. The van der Waals surface area contributed by atoms with Crippen LogP contribution in [0.2, 0.25) is 5.02 Å². The van der Waals surface area contributed by atoms with Gasteiger partial charge in [0.2, 0.25) is 5.91 Å². The molecule has 2 aromatic rings. The van der Waals surface area contributed by atoms with Crippen LogP contribution < -0.4 is 9.47 Å². The Bertz CT molecular complexity index is 877. The predicted molar refractivity (Wildman–Crippen MR) is 130 cm³/mol. The van der Waals surface area contributed by atoms with Crippen molar-refractivity contribution < 1.29 is 14.3 Å². The van der Waals surface area contributed by atoms with E-state index in [1.54, 1.807) is 7.11 Å². The fraction of sp³-hybridized carbons (Fsp3) is 0.500. The van der Waals surface area contributed by atoms with Crippen LogP contribution in [0.4, 0.5) is 0 Å². The molecule has 1 fully saturated rings. The summed E-state index contributed by atoms with van der Waals surface area (Å²) >= 11 is 6.51. The van der Waals surface area contributed by atoms with Crippen LogP contribution in [0.15, 0.2) is 42.5 Å². The van der Waals surface area contributed by atoms with Gasteiger partial charge in [0.15, 0.2) is 0 Å². The molecule has 0 radical (unpaired) electrons. The maximum atomic E-state index is 13.4. The van der Waals surface area contributed by atoms with Crippen molar-refractivity contribution in [2.75, 3.05) is 33.9 Å². The monoisotopic (exact) mass is 458 g/mol. The summed E-state index contributed by atoms with van der Waals surface area (Å²) in [6.07, 6.45) is 2.31. The number of hydrogen-bond acceptors (Lipinski definition) is 4. The van der Waals surface area contributed by atoms with Gasteiger partial charge in [0, 0.05) is 17.6 Å². The molecule has 1 aliphatic rings. The third-order valence-electron chi connectivity index (χ3n) is 5.91. The second kappa shape index (κ2) is 11.6. The van der Waals surface area contributed by atoms with Crippen molar-refractivity contribution in [3.05, 3.63) is 58.6 Å². The SMILES string of the molecule is COc1ccc(CN(C(=O)Cc2ccc(OCC(C)C)cc2)C2CCN(C)CC2)c(Cl)c1. The summed E-state index contributed by atoms with van der Waals surface area (Å²) in [6, 6.07) is 13.7. The third kappa shape index (κ3) is 6.88. The van der Waals surface area contributed by atoms with Crippen LogP contribution in [-0.2, 0) is 17.8 Å². The third-order valence-corrected chi connectivity index (χ3v) is 6.26. The molecule has 174 valence electrons. The van der Waals surface area contributed by atoms with E-state index in [4.69, 9.17) is 21.1 Å². The zero-order valence-corrected chi connectivity index (χ0v) is 20.4. The molecule has 32 heavy (non-hydrogen) atoms. The summed E-state index contributed by atoms with van der Waals surface area (Å²) in [5.41, 5.74) is 1.93. The quantitative estimate of drug-likeness (QED) is 0.527. The molecule has 0 aliphatic carbocycles. The number of carbonyl (C=O) groups excluding carboxylic acids is 1. The average molecular weight is 459 g/mol. The largest absolute Gasteiger partial charge is 0.497 e. The number of hydrogen-bond donors (Lipinski definition) is 0. The molecule has 2 aromatic carbocycles. The highest BCUT2D eigenvalue weighted by Gasteiger charge is 2.27. The molecule has 1 heterocycles. The van der Waals surface area contributed by atoms with Crippen molar-refractivity contribution in [3.8, 4) is 11.5 Å². The van der Waals surface area contributed by atoms with Gasteiger partial charge in [0.1, 0.15) is 11.5 Å². The van der Waals surface area contributed by atoms with Gasteiger partial charge in [-0.3, -0.25) is 4.79 Å². The van der Waals surface area contributed by atoms with Gasteiger partial charge >= 0.3 is 0 Å². The van der Waals surface area contributed by atoms with Gasteiger partial charge < -0.3 is 19.3 Å². The van der Waals surface area contributed by atoms with Crippen LogP contribution in [0.1, 0.15) is 37.8 Å². The van der Waals surface area contributed by atoms with Gasteiger partial charge in [-0.2, -0.15) is 0 Å². The molecule has 0 bridgehead atoms. The van der Waals surface area contributed by atoms with Crippen LogP contribution in [0.3, 0.4) is 0 Å². The van der Waals surface area contributed by atoms with E-state index in [1.807, 2.05) is 47.4 Å². The van der Waals surface area contributed by atoms with E-state index < -0.39 is 0 Å². The smallest absolute Gasteiger partial charge is 0.227 e. The Balaban J connectivity index is 1.73. The minimum absolute atomic E-state index is 0.127. The van der Waals surface area contributed by atoms with E-state index in [-0.39, 0.29) is 11.9 Å². The van der Waals surface area contributed by atoms with Crippen LogP contribution >= 0.6 is 11.6 Å². The lowest BCUT2D eigenvalue weighted by Gasteiger charge is -2.37. The number of benzene rings is 2. The summed E-state index contributed by atoms with van der Waals surface area (Å²) in [5, 5.41) is 0.627. The normalized spacial score (nSPS) is 15.1. The Labute approximate surface area is 197 Å². The summed E-state index contributed by atoms with van der Waals surface area (Å²) in [5.74, 6) is 2.16. The number of nitrogens with zero attached hydrogens (tertiary/aromatic N) is 2. The molecule has 6 heteroatoms. The standard InChI is InChI=1S/C26H35ClN2O3/c1-19(2)18-32-23-8-5-20(6-9-23)15-26(30)29(22-11-13-28(3)14-12-22)17-21-7-10-24(31-4)16-25(21)27/h5-10,16,19,22H,11-15,17-18H2,1-4H3. The Kier molecular flexibility index (Phi) is 8.83. The first-order valence-electron chi connectivity index (χ1n) is 11.4. The van der Waals surface area contributed by atoms with Crippen molar-refractivity contribution in [1.82, 2.24) is 9.80 Å². The number of likely N-dealkylation sites (tertiary alicyclic amines) is 1. The molecule has 1 saturated heterocycles. The first-order valence-corrected chi connectivity index (χ1v) is 11.8. The summed E-state index contributed by atoms with van der Waals surface area (Å²) in [7, 11) is 3.75. The van der Waals surface area contributed by atoms with Crippen LogP contribution in [0.5, 0.6) is 11.5 Å². The van der Waals surface area contributed by atoms with Crippen molar-refractivity contribution in [1.29, 1.82) is 0 Å². The van der Waals surface area contributed by atoms with E-state index in [1.165, 1.54) is 0 Å². The van der Waals surface area contributed by atoms with Gasteiger partial charge in [-0.05, 0) is 74.3 Å². The van der Waals surface area contributed by atoms with E-state index in [2.05, 4.69) is 25.8 Å².